The maximum atomic E-state index is 12.9. The van der Waals surface area contributed by atoms with Crippen LogP contribution in [0.25, 0.3) is 10.8 Å². The second kappa shape index (κ2) is 7.93. The fourth-order valence-electron chi connectivity index (χ4n) is 3.18. The van der Waals surface area contributed by atoms with E-state index in [0.717, 1.165) is 0 Å². The number of rotatable bonds is 6. The van der Waals surface area contributed by atoms with Gasteiger partial charge in [-0.3, -0.25) is 9.44 Å². The third kappa shape index (κ3) is 4.18. The van der Waals surface area contributed by atoms with Crippen LogP contribution in [-0.2, 0) is 20.0 Å². The molecular formula is C22H18N2O5S2. The minimum Gasteiger partial charge on any atom is -0.506 e. The molecule has 0 fully saturated rings. The van der Waals surface area contributed by atoms with Gasteiger partial charge in [0.25, 0.3) is 20.0 Å². The molecule has 158 valence electrons. The van der Waals surface area contributed by atoms with E-state index in [9.17, 15) is 21.9 Å². The number of phenolic OH excluding ortho intramolecular Hbond substituents is 1. The lowest BCUT2D eigenvalue weighted by atomic mass is 10.1. The molecule has 0 amide bonds. The van der Waals surface area contributed by atoms with E-state index in [1.165, 1.54) is 30.3 Å². The minimum absolute atomic E-state index is 0.0795. The van der Waals surface area contributed by atoms with Crippen LogP contribution in [0.5, 0.6) is 5.75 Å². The molecule has 0 radical (unpaired) electrons. The average Bonchev–Trinajstić information content (AvgIpc) is 2.74. The van der Waals surface area contributed by atoms with Gasteiger partial charge < -0.3 is 5.11 Å². The first kappa shape index (κ1) is 20.7. The Labute approximate surface area is 180 Å². The lowest BCUT2D eigenvalue weighted by Gasteiger charge is -2.14. The molecule has 31 heavy (non-hydrogen) atoms. The number of hydrogen-bond donors (Lipinski definition) is 3. The van der Waals surface area contributed by atoms with Crippen LogP contribution in [-0.4, -0.2) is 21.9 Å². The van der Waals surface area contributed by atoms with Crippen LogP contribution in [0.2, 0.25) is 0 Å². The van der Waals surface area contributed by atoms with E-state index in [1.807, 2.05) is 0 Å². The third-order valence-electron chi connectivity index (χ3n) is 4.59. The van der Waals surface area contributed by atoms with Crippen LogP contribution in [0, 0.1) is 0 Å². The highest BCUT2D eigenvalue weighted by Crippen LogP contribution is 2.36. The van der Waals surface area contributed by atoms with Gasteiger partial charge in [0.15, 0.2) is 0 Å². The molecule has 0 bridgehead atoms. The van der Waals surface area contributed by atoms with Crippen LogP contribution < -0.4 is 9.44 Å². The number of hydrogen-bond acceptors (Lipinski definition) is 5. The summed E-state index contributed by atoms with van der Waals surface area (Å²) in [4.78, 5) is -0.432. The number of benzene rings is 4. The molecular weight excluding hydrogens is 436 g/mol. The summed E-state index contributed by atoms with van der Waals surface area (Å²) in [6, 6.07) is 23.5. The lowest BCUT2D eigenvalue weighted by Crippen LogP contribution is -2.14. The van der Waals surface area contributed by atoms with Crippen molar-refractivity contribution >= 4 is 42.2 Å². The smallest absolute Gasteiger partial charge is 0.265 e. The van der Waals surface area contributed by atoms with E-state index in [1.54, 1.807) is 60.7 Å². The van der Waals surface area contributed by atoms with Gasteiger partial charge in [-0.05, 0) is 36.4 Å². The Morgan fingerprint density at radius 2 is 1.03 bits per heavy atom. The molecule has 0 unspecified atom stereocenters. The van der Waals surface area contributed by atoms with E-state index in [2.05, 4.69) is 9.44 Å². The molecule has 0 aliphatic heterocycles. The van der Waals surface area contributed by atoms with Crippen LogP contribution in [0.3, 0.4) is 0 Å². The lowest BCUT2D eigenvalue weighted by molar-refractivity contribution is 0.465. The van der Waals surface area contributed by atoms with Crippen molar-refractivity contribution in [2.45, 2.75) is 9.79 Å². The molecule has 0 saturated carbocycles. The molecule has 0 aliphatic carbocycles. The highest BCUT2D eigenvalue weighted by Gasteiger charge is 2.24. The number of fused-ring (bicyclic) bond motifs is 1. The summed E-state index contributed by atoms with van der Waals surface area (Å²) < 4.78 is 56.3. The summed E-state index contributed by atoms with van der Waals surface area (Å²) in [7, 11) is -8.08. The van der Waals surface area contributed by atoms with Gasteiger partial charge >= 0.3 is 0 Å². The number of nitrogens with one attached hydrogen (secondary N) is 2. The summed E-state index contributed by atoms with van der Waals surface area (Å²) in [6.45, 7) is 0. The summed E-state index contributed by atoms with van der Waals surface area (Å²) in [6.07, 6.45) is 0. The first-order valence-corrected chi connectivity index (χ1v) is 12.1. The van der Waals surface area contributed by atoms with Crippen LogP contribution in [0.4, 0.5) is 11.4 Å². The Bertz CT molecular complexity index is 1450. The van der Waals surface area contributed by atoms with E-state index in [-0.39, 0.29) is 20.6 Å². The average molecular weight is 455 g/mol. The van der Waals surface area contributed by atoms with Gasteiger partial charge in [-0.2, -0.15) is 0 Å². The summed E-state index contributed by atoms with van der Waals surface area (Å²) in [5.74, 6) is -0.530. The maximum absolute atomic E-state index is 12.9. The fraction of sp³-hybridized carbons (Fsp3) is 0. The number of para-hydroxylation sites is 2. The highest BCUT2D eigenvalue weighted by atomic mass is 32.2. The fourth-order valence-corrected chi connectivity index (χ4v) is 5.63. The normalized spacial score (nSPS) is 11.9. The zero-order chi connectivity index (χ0) is 22.1. The molecule has 0 spiro atoms. The summed E-state index contributed by atoms with van der Waals surface area (Å²) in [5.41, 5.74) is 0.723. The molecule has 3 N–H and O–H groups in total. The predicted octanol–water partition coefficient (Wildman–Crippen LogP) is 4.15. The van der Waals surface area contributed by atoms with Crippen molar-refractivity contribution < 1.29 is 21.9 Å². The maximum Gasteiger partial charge on any atom is 0.265 e. The van der Waals surface area contributed by atoms with Gasteiger partial charge in [0, 0.05) is 22.1 Å². The van der Waals surface area contributed by atoms with E-state index in [4.69, 9.17) is 0 Å². The number of phenols is 1. The molecule has 0 saturated heterocycles. The molecule has 0 aromatic heterocycles. The first-order valence-electron chi connectivity index (χ1n) is 9.18. The topological polar surface area (TPSA) is 113 Å². The first-order chi connectivity index (χ1) is 14.8. The van der Waals surface area contributed by atoms with Gasteiger partial charge in [0.1, 0.15) is 10.6 Å². The number of anilines is 2. The van der Waals surface area contributed by atoms with Crippen molar-refractivity contribution in [2.75, 3.05) is 9.44 Å². The van der Waals surface area contributed by atoms with Gasteiger partial charge in [-0.1, -0.05) is 54.6 Å². The number of aromatic hydroxyl groups is 1. The SMILES string of the molecule is O=S(=O)(Nc1ccccc1)c1ccc2c(S(=O)(=O)Nc3ccccc3)cccc2c1O. The monoisotopic (exact) mass is 454 g/mol. The molecule has 0 atom stereocenters. The molecule has 9 heteroatoms. The predicted molar refractivity (Wildman–Crippen MR) is 120 cm³/mol. The van der Waals surface area contributed by atoms with Gasteiger partial charge in [0.05, 0.1) is 4.90 Å². The molecule has 0 heterocycles. The van der Waals surface area contributed by atoms with Crippen LogP contribution >= 0.6 is 0 Å². The van der Waals surface area contributed by atoms with E-state index in [0.29, 0.717) is 11.4 Å². The van der Waals surface area contributed by atoms with Crippen molar-refractivity contribution in [1.82, 2.24) is 0 Å². The van der Waals surface area contributed by atoms with Crippen molar-refractivity contribution in [3.8, 4) is 5.75 Å². The minimum atomic E-state index is -4.10. The second-order valence-electron chi connectivity index (χ2n) is 6.71. The zero-order valence-corrected chi connectivity index (χ0v) is 17.7. The highest BCUT2D eigenvalue weighted by molar-refractivity contribution is 7.93. The molecule has 4 rings (SSSR count). The van der Waals surface area contributed by atoms with Crippen LogP contribution in [0.15, 0.2) is 101 Å². The van der Waals surface area contributed by atoms with Gasteiger partial charge in [-0.15, -0.1) is 0 Å². The molecule has 4 aromatic rings. The summed E-state index contributed by atoms with van der Waals surface area (Å²) in [5, 5.41) is 11.0. The van der Waals surface area contributed by atoms with Crippen LogP contribution in [0.1, 0.15) is 0 Å². The van der Waals surface area contributed by atoms with Crippen molar-refractivity contribution in [1.29, 1.82) is 0 Å². The molecule has 0 aliphatic rings. The molecule has 7 nitrogen and oxygen atoms in total. The Kier molecular flexibility index (Phi) is 5.30. The quantitative estimate of drug-likeness (QED) is 0.405. The summed E-state index contributed by atoms with van der Waals surface area (Å²) >= 11 is 0. The van der Waals surface area contributed by atoms with Gasteiger partial charge in [0.2, 0.25) is 0 Å². The Morgan fingerprint density at radius 1 is 0.516 bits per heavy atom. The van der Waals surface area contributed by atoms with Gasteiger partial charge in [-0.25, -0.2) is 16.8 Å². The second-order valence-corrected chi connectivity index (χ2v) is 10.0. The molecule has 4 aromatic carbocycles. The van der Waals surface area contributed by atoms with E-state index < -0.39 is 25.8 Å². The number of sulfonamides is 2. The Morgan fingerprint density at radius 3 is 1.58 bits per heavy atom. The van der Waals surface area contributed by atoms with Crippen molar-refractivity contribution in [3.05, 3.63) is 91.0 Å². The standard InChI is InChI=1S/C22H18N2O5S2/c25-22-19-12-7-13-20(30(26,27)23-16-8-3-1-4-9-16)18(19)14-15-21(22)31(28,29)24-17-10-5-2-6-11-17/h1-15,23-25H. The van der Waals surface area contributed by atoms with E-state index >= 15 is 0 Å². The van der Waals surface area contributed by atoms with Crippen molar-refractivity contribution in [3.63, 3.8) is 0 Å². The van der Waals surface area contributed by atoms with Crippen molar-refractivity contribution in [2.24, 2.45) is 0 Å². The third-order valence-corrected chi connectivity index (χ3v) is 7.44. The Balaban J connectivity index is 1.78. The zero-order valence-electron chi connectivity index (χ0n) is 16.1. The largest absolute Gasteiger partial charge is 0.506 e. The Hall–Kier alpha value is -3.56.